The molecule has 0 bridgehead atoms. The molecule has 1 heterocycles. The van der Waals surface area contributed by atoms with Gasteiger partial charge in [-0.1, -0.05) is 12.1 Å². The third-order valence-electron chi connectivity index (χ3n) is 4.13. The van der Waals surface area contributed by atoms with Crippen LogP contribution in [0.1, 0.15) is 21.5 Å². The first-order valence-electron chi connectivity index (χ1n) is 8.64. The highest BCUT2D eigenvalue weighted by atomic mass is 19.4. The lowest BCUT2D eigenvalue weighted by Gasteiger charge is -2.11. The van der Waals surface area contributed by atoms with Crippen molar-refractivity contribution in [3.63, 3.8) is 0 Å². The summed E-state index contributed by atoms with van der Waals surface area (Å²) in [4.78, 5) is 26.4. The van der Waals surface area contributed by atoms with Crippen molar-refractivity contribution in [3.05, 3.63) is 93.8 Å². The molecule has 0 unspecified atom stereocenters. The van der Waals surface area contributed by atoms with Gasteiger partial charge in [-0.05, 0) is 42.0 Å². The predicted octanol–water partition coefficient (Wildman–Crippen LogP) is 4.87. The number of pyridine rings is 1. The summed E-state index contributed by atoms with van der Waals surface area (Å²) >= 11 is 0. The smallest absolute Gasteiger partial charge is 0.375 e. The van der Waals surface area contributed by atoms with Crippen LogP contribution in [0, 0.1) is 10.1 Å². The Labute approximate surface area is 168 Å². The third-order valence-corrected chi connectivity index (χ3v) is 4.13. The molecule has 0 saturated carbocycles. The van der Waals surface area contributed by atoms with Crippen molar-refractivity contribution in [1.29, 1.82) is 0 Å². The fourth-order valence-electron chi connectivity index (χ4n) is 2.67. The molecule has 0 saturated heterocycles. The van der Waals surface area contributed by atoms with E-state index in [0.29, 0.717) is 22.9 Å². The highest BCUT2D eigenvalue weighted by Gasteiger charge is 2.33. The maximum absolute atomic E-state index is 12.8. The van der Waals surface area contributed by atoms with E-state index in [4.69, 9.17) is 0 Å². The van der Waals surface area contributed by atoms with Crippen LogP contribution in [0.2, 0.25) is 0 Å². The van der Waals surface area contributed by atoms with Crippen LogP contribution in [0.3, 0.4) is 0 Å². The zero-order valence-electron chi connectivity index (χ0n) is 15.3. The van der Waals surface area contributed by atoms with Crippen molar-refractivity contribution in [2.24, 2.45) is 0 Å². The first kappa shape index (κ1) is 20.8. The molecular weight excluding hydrogens is 401 g/mol. The number of amides is 1. The van der Waals surface area contributed by atoms with Gasteiger partial charge in [-0.25, -0.2) is 0 Å². The standard InChI is InChI=1S/C20H15F3N4O3/c21-20(22,23)15-4-5-17(18(11-15)27(29)30)25-12-13-2-1-3-16(10-13)26-19(28)14-6-8-24-9-7-14/h1-11,25H,12H2,(H,26,28). The van der Waals surface area contributed by atoms with Crippen LogP contribution < -0.4 is 10.6 Å². The maximum Gasteiger partial charge on any atom is 0.416 e. The normalized spacial score (nSPS) is 11.0. The number of anilines is 2. The lowest BCUT2D eigenvalue weighted by atomic mass is 10.1. The summed E-state index contributed by atoms with van der Waals surface area (Å²) in [5.74, 6) is -0.333. The predicted molar refractivity (Wildman–Crippen MR) is 104 cm³/mol. The zero-order valence-corrected chi connectivity index (χ0v) is 15.3. The summed E-state index contributed by atoms with van der Waals surface area (Å²) in [5.41, 5.74) is -0.226. The zero-order chi connectivity index (χ0) is 21.7. The molecule has 30 heavy (non-hydrogen) atoms. The Hall–Kier alpha value is -3.95. The number of nitro benzene ring substituents is 1. The van der Waals surface area contributed by atoms with Crippen molar-refractivity contribution < 1.29 is 22.9 Å². The molecule has 0 aliphatic rings. The molecule has 154 valence electrons. The van der Waals surface area contributed by atoms with Crippen LogP contribution >= 0.6 is 0 Å². The number of hydrogen-bond donors (Lipinski definition) is 2. The SMILES string of the molecule is O=C(Nc1cccc(CNc2ccc(C(F)(F)F)cc2[N+](=O)[O-])c1)c1ccncc1. The molecule has 2 N–H and O–H groups in total. The van der Waals surface area contributed by atoms with Crippen molar-refractivity contribution in [2.75, 3.05) is 10.6 Å². The van der Waals surface area contributed by atoms with Crippen LogP contribution in [-0.4, -0.2) is 15.8 Å². The first-order valence-corrected chi connectivity index (χ1v) is 8.64. The summed E-state index contributed by atoms with van der Waals surface area (Å²) in [6, 6.07) is 12.1. The van der Waals surface area contributed by atoms with Crippen molar-refractivity contribution in [2.45, 2.75) is 12.7 Å². The number of benzene rings is 2. The van der Waals surface area contributed by atoms with Crippen LogP contribution in [0.4, 0.5) is 30.2 Å². The quantitative estimate of drug-likeness (QED) is 0.441. The number of nitro groups is 1. The minimum atomic E-state index is -4.68. The van der Waals surface area contributed by atoms with Crippen LogP contribution in [-0.2, 0) is 12.7 Å². The van der Waals surface area contributed by atoms with Gasteiger partial charge in [0.25, 0.3) is 11.6 Å². The molecule has 10 heteroatoms. The molecule has 0 atom stereocenters. The number of carbonyl (C=O) groups excluding carboxylic acids is 1. The number of aromatic nitrogens is 1. The minimum absolute atomic E-state index is 0.0424. The van der Waals surface area contributed by atoms with E-state index in [1.54, 1.807) is 36.4 Å². The maximum atomic E-state index is 12.8. The van der Waals surface area contributed by atoms with E-state index >= 15 is 0 Å². The fraction of sp³-hybridized carbons (Fsp3) is 0.100. The molecular formula is C20H15F3N4O3. The Morgan fingerprint density at radius 3 is 2.47 bits per heavy atom. The Morgan fingerprint density at radius 2 is 1.80 bits per heavy atom. The van der Waals surface area contributed by atoms with Crippen molar-refractivity contribution in [1.82, 2.24) is 4.98 Å². The lowest BCUT2D eigenvalue weighted by molar-refractivity contribution is -0.384. The van der Waals surface area contributed by atoms with Gasteiger partial charge in [0.15, 0.2) is 0 Å². The van der Waals surface area contributed by atoms with Gasteiger partial charge in [-0.2, -0.15) is 13.2 Å². The number of nitrogens with zero attached hydrogens (tertiary/aromatic N) is 2. The molecule has 0 aliphatic carbocycles. The Bertz CT molecular complexity index is 1070. The molecule has 1 aromatic heterocycles. The molecule has 2 aromatic carbocycles. The van der Waals surface area contributed by atoms with Gasteiger partial charge < -0.3 is 10.6 Å². The fourth-order valence-corrected chi connectivity index (χ4v) is 2.67. The van der Waals surface area contributed by atoms with Gasteiger partial charge in [0.1, 0.15) is 5.69 Å². The summed E-state index contributed by atoms with van der Waals surface area (Å²) in [6.45, 7) is 0.102. The van der Waals surface area contributed by atoms with Crippen molar-refractivity contribution >= 4 is 23.0 Å². The van der Waals surface area contributed by atoms with Gasteiger partial charge in [-0.3, -0.25) is 19.9 Å². The van der Waals surface area contributed by atoms with E-state index in [1.807, 2.05) is 0 Å². The van der Waals surface area contributed by atoms with Gasteiger partial charge in [0.05, 0.1) is 10.5 Å². The van der Waals surface area contributed by atoms with Gasteiger partial charge in [0, 0.05) is 36.3 Å². The number of nitrogens with one attached hydrogen (secondary N) is 2. The average molecular weight is 416 g/mol. The minimum Gasteiger partial charge on any atom is -0.375 e. The monoisotopic (exact) mass is 416 g/mol. The van der Waals surface area contributed by atoms with E-state index < -0.39 is 22.4 Å². The molecule has 1 amide bonds. The second-order valence-electron chi connectivity index (χ2n) is 6.23. The largest absolute Gasteiger partial charge is 0.416 e. The number of carbonyl (C=O) groups is 1. The number of halogens is 3. The summed E-state index contributed by atoms with van der Waals surface area (Å²) in [6.07, 6.45) is -1.69. The average Bonchev–Trinajstić information content (AvgIpc) is 2.72. The Kier molecular flexibility index (Phi) is 5.95. The highest BCUT2D eigenvalue weighted by Crippen LogP contribution is 2.35. The van der Waals surface area contributed by atoms with Crippen LogP contribution in [0.5, 0.6) is 0 Å². The van der Waals surface area contributed by atoms with E-state index in [9.17, 15) is 28.1 Å². The number of rotatable bonds is 6. The summed E-state index contributed by atoms with van der Waals surface area (Å²) in [7, 11) is 0. The van der Waals surface area contributed by atoms with Crippen LogP contribution in [0.15, 0.2) is 67.0 Å². The molecule has 7 nitrogen and oxygen atoms in total. The Balaban J connectivity index is 1.73. The molecule has 0 spiro atoms. The molecule has 3 aromatic rings. The van der Waals surface area contributed by atoms with E-state index in [0.717, 1.165) is 12.1 Å². The van der Waals surface area contributed by atoms with E-state index in [2.05, 4.69) is 15.6 Å². The van der Waals surface area contributed by atoms with Gasteiger partial charge in [0.2, 0.25) is 0 Å². The number of hydrogen-bond acceptors (Lipinski definition) is 5. The second kappa shape index (κ2) is 8.60. The van der Waals surface area contributed by atoms with E-state index in [-0.39, 0.29) is 18.1 Å². The highest BCUT2D eigenvalue weighted by molar-refractivity contribution is 6.04. The third kappa shape index (κ3) is 5.10. The lowest BCUT2D eigenvalue weighted by Crippen LogP contribution is -2.12. The van der Waals surface area contributed by atoms with Crippen LogP contribution in [0.25, 0.3) is 0 Å². The van der Waals surface area contributed by atoms with Crippen molar-refractivity contribution in [3.8, 4) is 0 Å². The molecule has 0 radical (unpaired) electrons. The second-order valence-corrected chi connectivity index (χ2v) is 6.23. The summed E-state index contributed by atoms with van der Waals surface area (Å²) in [5, 5.41) is 16.7. The Morgan fingerprint density at radius 1 is 1.07 bits per heavy atom. The molecule has 0 fully saturated rings. The van der Waals surface area contributed by atoms with Gasteiger partial charge in [-0.15, -0.1) is 0 Å². The molecule has 0 aliphatic heterocycles. The molecule has 3 rings (SSSR count). The first-order chi connectivity index (χ1) is 14.2. The van der Waals surface area contributed by atoms with E-state index in [1.165, 1.54) is 12.4 Å². The summed E-state index contributed by atoms with van der Waals surface area (Å²) < 4.78 is 38.4. The topological polar surface area (TPSA) is 97.2 Å². The van der Waals surface area contributed by atoms with Gasteiger partial charge >= 0.3 is 6.18 Å². The number of alkyl halides is 3.